The van der Waals surface area contributed by atoms with Gasteiger partial charge in [0.15, 0.2) is 0 Å². The van der Waals surface area contributed by atoms with Crippen LogP contribution in [0.1, 0.15) is 49.0 Å². The highest BCUT2D eigenvalue weighted by Gasteiger charge is 2.31. The Labute approximate surface area is 150 Å². The van der Waals surface area contributed by atoms with Crippen LogP contribution in [0.15, 0.2) is 23.1 Å². The van der Waals surface area contributed by atoms with Gasteiger partial charge in [-0.05, 0) is 51.3 Å². The summed E-state index contributed by atoms with van der Waals surface area (Å²) in [4.78, 5) is 12.7. The van der Waals surface area contributed by atoms with Crippen molar-refractivity contribution in [2.75, 3.05) is 20.3 Å². The van der Waals surface area contributed by atoms with E-state index < -0.39 is 10.0 Å². The number of piperidine rings is 1. The molecule has 1 N–H and O–H groups in total. The van der Waals surface area contributed by atoms with Gasteiger partial charge in [0.1, 0.15) is 0 Å². The molecular weight excluding hydrogens is 340 g/mol. The molecule has 7 heteroatoms. The molecule has 0 saturated carbocycles. The van der Waals surface area contributed by atoms with E-state index in [0.717, 1.165) is 24.8 Å². The van der Waals surface area contributed by atoms with Crippen molar-refractivity contribution in [3.8, 4) is 0 Å². The third kappa shape index (κ3) is 4.59. The normalized spacial score (nSPS) is 20.2. The van der Waals surface area contributed by atoms with Crippen molar-refractivity contribution in [3.05, 3.63) is 29.3 Å². The minimum absolute atomic E-state index is 0.0148. The molecule has 140 valence electrons. The number of carbonyl (C=O) groups is 1. The Morgan fingerprint density at radius 2 is 2.12 bits per heavy atom. The van der Waals surface area contributed by atoms with Crippen molar-refractivity contribution < 1.29 is 17.9 Å². The molecule has 1 fully saturated rings. The zero-order chi connectivity index (χ0) is 18.6. The fourth-order valence-electron chi connectivity index (χ4n) is 3.16. The molecule has 0 bridgehead atoms. The van der Waals surface area contributed by atoms with Crippen molar-refractivity contribution in [3.63, 3.8) is 0 Å². The van der Waals surface area contributed by atoms with E-state index in [4.69, 9.17) is 4.74 Å². The van der Waals surface area contributed by atoms with Crippen LogP contribution in [0.5, 0.6) is 0 Å². The van der Waals surface area contributed by atoms with Gasteiger partial charge in [0.25, 0.3) is 5.91 Å². The lowest BCUT2D eigenvalue weighted by atomic mass is 10.1. The Kier molecular flexibility index (Phi) is 6.59. The van der Waals surface area contributed by atoms with Crippen LogP contribution in [-0.4, -0.2) is 51.0 Å². The van der Waals surface area contributed by atoms with Crippen LogP contribution < -0.4 is 5.32 Å². The Hall–Kier alpha value is -1.44. The van der Waals surface area contributed by atoms with Crippen molar-refractivity contribution >= 4 is 15.9 Å². The number of hydrogen-bond donors (Lipinski definition) is 1. The van der Waals surface area contributed by atoms with Gasteiger partial charge in [0.2, 0.25) is 10.0 Å². The molecule has 0 radical (unpaired) electrons. The number of sulfonamides is 1. The summed E-state index contributed by atoms with van der Waals surface area (Å²) >= 11 is 0. The molecule has 2 rings (SSSR count). The lowest BCUT2D eigenvalue weighted by Crippen LogP contribution is -2.42. The number of rotatable bonds is 6. The first-order valence-corrected chi connectivity index (χ1v) is 10.1. The maximum Gasteiger partial charge on any atom is 0.251 e. The van der Waals surface area contributed by atoms with Crippen molar-refractivity contribution in [2.24, 2.45) is 0 Å². The van der Waals surface area contributed by atoms with E-state index >= 15 is 0 Å². The molecule has 1 aromatic carbocycles. The Morgan fingerprint density at radius 3 is 2.76 bits per heavy atom. The van der Waals surface area contributed by atoms with Crippen LogP contribution in [-0.2, 0) is 14.8 Å². The predicted molar refractivity (Wildman–Crippen MR) is 97.2 cm³/mol. The fraction of sp³-hybridized carbons (Fsp3) is 0.611. The monoisotopic (exact) mass is 368 g/mol. The van der Waals surface area contributed by atoms with Crippen LogP contribution >= 0.6 is 0 Å². The molecule has 25 heavy (non-hydrogen) atoms. The highest BCUT2D eigenvalue weighted by atomic mass is 32.2. The van der Waals surface area contributed by atoms with Gasteiger partial charge in [0, 0.05) is 31.3 Å². The third-order valence-electron chi connectivity index (χ3n) is 4.60. The predicted octanol–water partition coefficient (Wildman–Crippen LogP) is 2.32. The van der Waals surface area contributed by atoms with Crippen molar-refractivity contribution in [2.45, 2.75) is 57.0 Å². The van der Waals surface area contributed by atoms with Gasteiger partial charge in [-0.2, -0.15) is 4.31 Å². The molecule has 0 spiro atoms. The summed E-state index contributed by atoms with van der Waals surface area (Å²) in [6.45, 7) is 6.51. The van der Waals surface area contributed by atoms with Crippen molar-refractivity contribution in [1.29, 1.82) is 0 Å². The molecule has 1 aliphatic heterocycles. The first-order chi connectivity index (χ1) is 11.8. The number of carbonyl (C=O) groups excluding carboxylic acids is 1. The zero-order valence-electron chi connectivity index (χ0n) is 15.4. The SMILES string of the molecule is COCC(C)NC(=O)c1cc(S(=O)(=O)N2CCCCC2C)ccc1C. The lowest BCUT2D eigenvalue weighted by Gasteiger charge is -2.32. The quantitative estimate of drug-likeness (QED) is 0.836. The number of methoxy groups -OCH3 is 1. The number of nitrogens with one attached hydrogen (secondary N) is 1. The molecule has 1 heterocycles. The van der Waals surface area contributed by atoms with Crippen LogP contribution in [0.25, 0.3) is 0 Å². The second kappa shape index (κ2) is 8.29. The summed E-state index contributed by atoms with van der Waals surface area (Å²) < 4.78 is 32.5. The summed E-state index contributed by atoms with van der Waals surface area (Å²) in [5.41, 5.74) is 1.13. The molecule has 0 aliphatic carbocycles. The number of aryl methyl sites for hydroxylation is 1. The van der Waals surface area contributed by atoms with Gasteiger partial charge in [-0.15, -0.1) is 0 Å². The van der Waals surface area contributed by atoms with Gasteiger partial charge in [-0.1, -0.05) is 12.5 Å². The molecule has 6 nitrogen and oxygen atoms in total. The largest absolute Gasteiger partial charge is 0.383 e. The second-order valence-electron chi connectivity index (χ2n) is 6.77. The molecule has 1 aromatic rings. The maximum absolute atomic E-state index is 13.0. The van der Waals surface area contributed by atoms with Crippen LogP contribution in [0, 0.1) is 6.92 Å². The number of amides is 1. The van der Waals surface area contributed by atoms with Crippen LogP contribution in [0.2, 0.25) is 0 Å². The molecule has 2 unspecified atom stereocenters. The highest BCUT2D eigenvalue weighted by Crippen LogP contribution is 2.26. The molecule has 1 aliphatic rings. The average Bonchev–Trinajstić information content (AvgIpc) is 2.55. The van der Waals surface area contributed by atoms with Crippen molar-refractivity contribution in [1.82, 2.24) is 9.62 Å². The first kappa shape index (κ1) is 19.9. The zero-order valence-corrected chi connectivity index (χ0v) is 16.2. The van der Waals surface area contributed by atoms with Gasteiger partial charge in [0.05, 0.1) is 11.5 Å². The minimum atomic E-state index is -3.59. The fourth-order valence-corrected chi connectivity index (χ4v) is 4.89. The topological polar surface area (TPSA) is 75.7 Å². The Morgan fingerprint density at radius 1 is 1.40 bits per heavy atom. The standard InChI is InChI=1S/C18H28N2O4S/c1-13-8-9-16(11-17(13)18(21)19-14(2)12-24-4)25(22,23)20-10-6-5-7-15(20)3/h8-9,11,14-15H,5-7,10,12H2,1-4H3,(H,19,21). The Balaban J connectivity index is 2.30. The maximum atomic E-state index is 13.0. The summed E-state index contributed by atoms with van der Waals surface area (Å²) in [6.07, 6.45) is 2.79. The summed E-state index contributed by atoms with van der Waals surface area (Å²) in [7, 11) is -2.02. The van der Waals surface area contributed by atoms with Gasteiger partial charge in [-0.3, -0.25) is 4.79 Å². The Bertz CT molecular complexity index is 718. The van der Waals surface area contributed by atoms with E-state index in [1.807, 2.05) is 13.8 Å². The molecular formula is C18H28N2O4S. The summed E-state index contributed by atoms with van der Waals surface area (Å²) in [5, 5.41) is 2.83. The third-order valence-corrected chi connectivity index (χ3v) is 6.61. The minimum Gasteiger partial charge on any atom is -0.383 e. The van der Waals surface area contributed by atoms with E-state index in [1.54, 1.807) is 30.5 Å². The van der Waals surface area contributed by atoms with E-state index in [0.29, 0.717) is 18.7 Å². The number of ether oxygens (including phenoxy) is 1. The van der Waals surface area contributed by atoms with Crippen LogP contribution in [0.3, 0.4) is 0 Å². The van der Waals surface area contributed by atoms with E-state index in [1.165, 1.54) is 6.07 Å². The van der Waals surface area contributed by atoms with E-state index in [9.17, 15) is 13.2 Å². The van der Waals surface area contributed by atoms with Crippen LogP contribution in [0.4, 0.5) is 0 Å². The van der Waals surface area contributed by atoms with E-state index in [-0.39, 0.29) is 22.9 Å². The van der Waals surface area contributed by atoms with Gasteiger partial charge in [-0.25, -0.2) is 8.42 Å². The summed E-state index contributed by atoms with van der Waals surface area (Å²) in [5.74, 6) is -0.286. The molecule has 0 aromatic heterocycles. The lowest BCUT2D eigenvalue weighted by molar-refractivity contribution is 0.0904. The number of hydrogen-bond acceptors (Lipinski definition) is 4. The van der Waals surface area contributed by atoms with Gasteiger partial charge >= 0.3 is 0 Å². The first-order valence-electron chi connectivity index (χ1n) is 8.69. The smallest absolute Gasteiger partial charge is 0.251 e. The second-order valence-corrected chi connectivity index (χ2v) is 8.66. The number of nitrogens with zero attached hydrogens (tertiary/aromatic N) is 1. The average molecular weight is 368 g/mol. The van der Waals surface area contributed by atoms with Gasteiger partial charge < -0.3 is 10.1 Å². The van der Waals surface area contributed by atoms with E-state index in [2.05, 4.69) is 5.32 Å². The number of benzene rings is 1. The molecule has 2 atom stereocenters. The highest BCUT2D eigenvalue weighted by molar-refractivity contribution is 7.89. The summed E-state index contributed by atoms with van der Waals surface area (Å²) in [6, 6.07) is 4.60. The molecule has 1 amide bonds. The molecule has 1 saturated heterocycles.